The van der Waals surface area contributed by atoms with Gasteiger partial charge < -0.3 is 10.2 Å². The van der Waals surface area contributed by atoms with Crippen LogP contribution in [0.3, 0.4) is 0 Å². The van der Waals surface area contributed by atoms with Crippen molar-refractivity contribution in [3.8, 4) is 0 Å². The van der Waals surface area contributed by atoms with Gasteiger partial charge in [-0.15, -0.1) is 0 Å². The Morgan fingerprint density at radius 3 is 2.09 bits per heavy atom. The highest BCUT2D eigenvalue weighted by molar-refractivity contribution is 7.92. The number of benzene rings is 2. The number of nitrogens with zero attached hydrogens (tertiary/aromatic N) is 2. The van der Waals surface area contributed by atoms with Crippen molar-refractivity contribution in [1.29, 1.82) is 0 Å². The Morgan fingerprint density at radius 1 is 1.00 bits per heavy atom. The Hall–Kier alpha value is -2.87. The van der Waals surface area contributed by atoms with Crippen molar-refractivity contribution in [1.82, 2.24) is 10.2 Å². The van der Waals surface area contributed by atoms with Crippen LogP contribution < -0.4 is 9.62 Å². The lowest BCUT2D eigenvalue weighted by molar-refractivity contribution is -0.141. The van der Waals surface area contributed by atoms with Gasteiger partial charge in [0.15, 0.2) is 0 Å². The van der Waals surface area contributed by atoms with Crippen molar-refractivity contribution >= 4 is 27.5 Å². The van der Waals surface area contributed by atoms with E-state index in [4.69, 9.17) is 0 Å². The zero-order valence-corrected chi connectivity index (χ0v) is 22.1. The minimum absolute atomic E-state index is 0.195. The lowest BCUT2D eigenvalue weighted by Crippen LogP contribution is -2.55. The third-order valence-corrected chi connectivity index (χ3v) is 6.55. The van der Waals surface area contributed by atoms with Gasteiger partial charge in [-0.2, -0.15) is 0 Å². The molecule has 2 rings (SSSR count). The second kappa shape index (κ2) is 11.0. The molecule has 1 atom stereocenters. The maximum Gasteiger partial charge on any atom is 0.244 e. The monoisotopic (exact) mass is 487 g/mol. The number of aryl methyl sites for hydroxylation is 2. The normalized spacial score (nSPS) is 12.7. The zero-order chi connectivity index (χ0) is 25.7. The fourth-order valence-corrected chi connectivity index (χ4v) is 4.61. The molecular formula is C26H37N3O4S. The minimum Gasteiger partial charge on any atom is -0.350 e. The molecule has 0 saturated carbocycles. The summed E-state index contributed by atoms with van der Waals surface area (Å²) in [5.74, 6) is -0.706. The predicted octanol–water partition coefficient (Wildman–Crippen LogP) is 3.79. The molecule has 1 N–H and O–H groups in total. The SMILES string of the molecule is CCC(C(=O)NC(C)(C)C)N(Cc1ccc(C)cc1)C(=O)CN(c1ccccc1C)S(C)(=O)=O. The number of sulfonamides is 1. The molecule has 0 bridgehead atoms. The number of para-hydroxylation sites is 1. The average molecular weight is 488 g/mol. The van der Waals surface area contributed by atoms with Gasteiger partial charge in [-0.1, -0.05) is 55.0 Å². The summed E-state index contributed by atoms with van der Waals surface area (Å²) in [7, 11) is -3.74. The first-order valence-electron chi connectivity index (χ1n) is 11.4. The number of anilines is 1. The third kappa shape index (κ3) is 7.58. The lowest BCUT2D eigenvalue weighted by Gasteiger charge is -2.34. The Bertz CT molecular complexity index is 1110. The molecular weight excluding hydrogens is 450 g/mol. The molecule has 0 aliphatic carbocycles. The van der Waals surface area contributed by atoms with Gasteiger partial charge in [-0.05, 0) is 58.2 Å². The van der Waals surface area contributed by atoms with Crippen LogP contribution in [0.2, 0.25) is 0 Å². The van der Waals surface area contributed by atoms with Crippen LogP contribution in [0.15, 0.2) is 48.5 Å². The molecule has 0 fully saturated rings. The van der Waals surface area contributed by atoms with Gasteiger partial charge in [-0.25, -0.2) is 8.42 Å². The molecule has 2 aromatic rings. The zero-order valence-electron chi connectivity index (χ0n) is 21.3. The summed E-state index contributed by atoms with van der Waals surface area (Å²) in [6, 6.07) is 14.0. The van der Waals surface area contributed by atoms with Gasteiger partial charge in [0.05, 0.1) is 11.9 Å². The number of carbonyl (C=O) groups is 2. The number of amides is 2. The average Bonchev–Trinajstić information content (AvgIpc) is 2.71. The largest absolute Gasteiger partial charge is 0.350 e. The summed E-state index contributed by atoms with van der Waals surface area (Å²) >= 11 is 0. The number of hydrogen-bond donors (Lipinski definition) is 1. The molecule has 0 radical (unpaired) electrons. The van der Waals surface area contributed by atoms with E-state index in [0.717, 1.165) is 27.3 Å². The number of rotatable bonds is 9. The highest BCUT2D eigenvalue weighted by atomic mass is 32.2. The van der Waals surface area contributed by atoms with E-state index >= 15 is 0 Å². The number of nitrogens with one attached hydrogen (secondary N) is 1. The fourth-order valence-electron chi connectivity index (χ4n) is 3.70. The Kier molecular flexibility index (Phi) is 8.89. The quantitative estimate of drug-likeness (QED) is 0.583. The Morgan fingerprint density at radius 2 is 1.59 bits per heavy atom. The summed E-state index contributed by atoms with van der Waals surface area (Å²) in [5.41, 5.74) is 2.66. The lowest BCUT2D eigenvalue weighted by atomic mass is 10.1. The van der Waals surface area contributed by atoms with Crippen molar-refractivity contribution in [2.45, 2.75) is 66.1 Å². The fraction of sp³-hybridized carbons (Fsp3) is 0.462. The molecule has 0 heterocycles. The van der Waals surface area contributed by atoms with Gasteiger partial charge >= 0.3 is 0 Å². The molecule has 0 saturated heterocycles. The highest BCUT2D eigenvalue weighted by Crippen LogP contribution is 2.23. The maximum atomic E-state index is 13.7. The molecule has 7 nitrogen and oxygen atoms in total. The van der Waals surface area contributed by atoms with E-state index in [9.17, 15) is 18.0 Å². The standard InChI is InChI=1S/C26H37N3O4S/c1-8-22(25(31)27-26(4,5)6)28(17-21-15-13-19(2)14-16-21)24(30)18-29(34(7,32)33)23-12-10-9-11-20(23)3/h9-16,22H,8,17-18H2,1-7H3,(H,27,31). The van der Waals surface area contributed by atoms with Crippen LogP contribution in [0.4, 0.5) is 5.69 Å². The first kappa shape index (κ1) is 27.4. The molecule has 0 spiro atoms. The van der Waals surface area contributed by atoms with Crippen LogP contribution in [0.25, 0.3) is 0 Å². The van der Waals surface area contributed by atoms with Gasteiger partial charge in [0, 0.05) is 12.1 Å². The maximum absolute atomic E-state index is 13.7. The molecule has 0 aromatic heterocycles. The van der Waals surface area contributed by atoms with Crippen molar-refractivity contribution in [2.75, 3.05) is 17.1 Å². The molecule has 2 amide bonds. The number of hydrogen-bond acceptors (Lipinski definition) is 4. The first-order valence-corrected chi connectivity index (χ1v) is 13.3. The first-order chi connectivity index (χ1) is 15.7. The molecule has 34 heavy (non-hydrogen) atoms. The van der Waals surface area contributed by atoms with Crippen molar-refractivity contribution in [2.24, 2.45) is 0 Å². The predicted molar refractivity (Wildman–Crippen MR) is 137 cm³/mol. The Balaban J connectivity index is 2.46. The van der Waals surface area contributed by atoms with E-state index in [1.54, 1.807) is 25.1 Å². The Labute approximate surface area is 204 Å². The van der Waals surface area contributed by atoms with E-state index in [-0.39, 0.29) is 12.5 Å². The van der Waals surface area contributed by atoms with Crippen LogP contribution in [-0.2, 0) is 26.2 Å². The van der Waals surface area contributed by atoms with E-state index in [1.807, 2.05) is 65.0 Å². The summed E-state index contributed by atoms with van der Waals surface area (Å²) in [5, 5.41) is 2.96. The van der Waals surface area contributed by atoms with Crippen LogP contribution in [0.1, 0.15) is 50.8 Å². The topological polar surface area (TPSA) is 86.8 Å². The van der Waals surface area contributed by atoms with E-state index in [0.29, 0.717) is 12.1 Å². The molecule has 2 aromatic carbocycles. The van der Waals surface area contributed by atoms with Gasteiger partial charge in [0.1, 0.15) is 12.6 Å². The summed E-state index contributed by atoms with van der Waals surface area (Å²) < 4.78 is 26.5. The highest BCUT2D eigenvalue weighted by Gasteiger charge is 2.33. The van der Waals surface area contributed by atoms with Gasteiger partial charge in [-0.3, -0.25) is 13.9 Å². The van der Waals surface area contributed by atoms with Gasteiger partial charge in [0.2, 0.25) is 21.8 Å². The summed E-state index contributed by atoms with van der Waals surface area (Å²) in [4.78, 5) is 28.3. The van der Waals surface area contributed by atoms with Crippen LogP contribution in [-0.4, -0.2) is 49.5 Å². The van der Waals surface area contributed by atoms with E-state index in [2.05, 4.69) is 5.32 Å². The molecule has 0 aliphatic rings. The van der Waals surface area contributed by atoms with Crippen LogP contribution in [0.5, 0.6) is 0 Å². The molecule has 8 heteroatoms. The van der Waals surface area contributed by atoms with E-state index in [1.165, 1.54) is 4.90 Å². The smallest absolute Gasteiger partial charge is 0.244 e. The second-order valence-corrected chi connectivity index (χ2v) is 11.6. The van der Waals surface area contributed by atoms with Gasteiger partial charge in [0.25, 0.3) is 0 Å². The van der Waals surface area contributed by atoms with Crippen molar-refractivity contribution in [3.63, 3.8) is 0 Å². The minimum atomic E-state index is -3.74. The van der Waals surface area contributed by atoms with E-state index < -0.39 is 34.1 Å². The second-order valence-electron chi connectivity index (χ2n) is 9.73. The molecule has 0 aliphatic heterocycles. The van der Waals surface area contributed by atoms with Crippen LogP contribution >= 0.6 is 0 Å². The number of carbonyl (C=O) groups excluding carboxylic acids is 2. The van der Waals surface area contributed by atoms with Crippen molar-refractivity contribution < 1.29 is 18.0 Å². The summed E-state index contributed by atoms with van der Waals surface area (Å²) in [6.45, 7) is 11.1. The molecule has 1 unspecified atom stereocenters. The summed E-state index contributed by atoms with van der Waals surface area (Å²) in [6.07, 6.45) is 1.48. The molecule has 186 valence electrons. The van der Waals surface area contributed by atoms with Crippen molar-refractivity contribution in [3.05, 3.63) is 65.2 Å². The van der Waals surface area contributed by atoms with Crippen LogP contribution in [0, 0.1) is 13.8 Å². The third-order valence-electron chi connectivity index (χ3n) is 5.42.